The minimum Gasteiger partial charge on any atom is -0.480 e. The van der Waals surface area contributed by atoms with Gasteiger partial charge in [-0.05, 0) is 6.92 Å². The third-order valence-electron chi connectivity index (χ3n) is 1.88. The largest absolute Gasteiger partial charge is 0.480 e. The van der Waals surface area contributed by atoms with Gasteiger partial charge in [-0.15, -0.1) is 11.3 Å². The lowest BCUT2D eigenvalue weighted by molar-refractivity contribution is -0.138. The Labute approximate surface area is 102 Å². The maximum atomic E-state index is 11.1. The van der Waals surface area contributed by atoms with Crippen molar-refractivity contribution in [1.29, 1.82) is 0 Å². The van der Waals surface area contributed by atoms with Gasteiger partial charge >= 0.3 is 5.97 Å². The number of rotatable bonds is 6. The van der Waals surface area contributed by atoms with E-state index in [-0.39, 0.29) is 18.1 Å². The molecule has 0 aromatic carbocycles. The molecule has 0 fully saturated rings. The molecule has 1 unspecified atom stereocenters. The van der Waals surface area contributed by atoms with Crippen LogP contribution in [0, 0.1) is 0 Å². The van der Waals surface area contributed by atoms with Crippen LogP contribution in [0.15, 0.2) is 5.38 Å². The molecule has 0 bridgehead atoms. The van der Waals surface area contributed by atoms with E-state index in [2.05, 4.69) is 15.6 Å². The number of carboxylic acids is 1. The van der Waals surface area contributed by atoms with Gasteiger partial charge < -0.3 is 21.5 Å². The highest BCUT2D eigenvalue weighted by molar-refractivity contribution is 7.13. The van der Waals surface area contributed by atoms with E-state index in [0.29, 0.717) is 11.7 Å². The lowest BCUT2D eigenvalue weighted by Gasteiger charge is -2.03. The quantitative estimate of drug-likeness (QED) is 0.560. The first-order valence-electron chi connectivity index (χ1n) is 4.99. The van der Waals surface area contributed by atoms with Crippen molar-refractivity contribution in [1.82, 2.24) is 10.3 Å². The molecule has 0 radical (unpaired) electrons. The molecule has 0 saturated heterocycles. The number of amides is 1. The summed E-state index contributed by atoms with van der Waals surface area (Å²) in [6.45, 7) is 2.49. The summed E-state index contributed by atoms with van der Waals surface area (Å²) in [6, 6.07) is -1.13. The van der Waals surface area contributed by atoms with Crippen molar-refractivity contribution < 1.29 is 14.7 Å². The van der Waals surface area contributed by atoms with Gasteiger partial charge in [-0.1, -0.05) is 0 Å². The minimum atomic E-state index is -1.13. The van der Waals surface area contributed by atoms with Crippen LogP contribution in [-0.2, 0) is 9.59 Å². The molecule has 0 aliphatic heterocycles. The number of aromatic nitrogens is 1. The van der Waals surface area contributed by atoms with Crippen LogP contribution in [0.25, 0.3) is 0 Å². The van der Waals surface area contributed by atoms with Crippen molar-refractivity contribution >= 4 is 28.3 Å². The fourth-order valence-electron chi connectivity index (χ4n) is 1.05. The van der Waals surface area contributed by atoms with Gasteiger partial charge in [0.15, 0.2) is 5.13 Å². The number of hydrogen-bond donors (Lipinski definition) is 4. The van der Waals surface area contributed by atoms with Gasteiger partial charge in [0.05, 0.1) is 12.2 Å². The zero-order chi connectivity index (χ0) is 12.8. The van der Waals surface area contributed by atoms with Gasteiger partial charge in [0, 0.05) is 11.9 Å². The van der Waals surface area contributed by atoms with Crippen LogP contribution in [0.2, 0.25) is 0 Å². The Bertz CT molecular complexity index is 407. The summed E-state index contributed by atoms with van der Waals surface area (Å²) in [7, 11) is 0. The normalized spacial score (nSPS) is 11.9. The van der Waals surface area contributed by atoms with Crippen molar-refractivity contribution in [2.24, 2.45) is 5.73 Å². The second-order valence-electron chi connectivity index (χ2n) is 3.20. The first-order valence-corrected chi connectivity index (χ1v) is 5.87. The topological polar surface area (TPSA) is 117 Å². The second kappa shape index (κ2) is 6.16. The fourth-order valence-corrected chi connectivity index (χ4v) is 1.80. The maximum absolute atomic E-state index is 11.1. The Balaban J connectivity index is 2.51. The number of hydrogen-bond acceptors (Lipinski definition) is 6. The summed E-state index contributed by atoms with van der Waals surface area (Å²) in [4.78, 5) is 25.8. The number of likely N-dealkylation sites (N-methyl/N-ethyl adjacent to an activating group) is 1. The number of nitrogens with one attached hydrogen (secondary N) is 2. The zero-order valence-corrected chi connectivity index (χ0v) is 10.1. The van der Waals surface area contributed by atoms with Crippen LogP contribution in [0.5, 0.6) is 0 Å². The Morgan fingerprint density at radius 3 is 2.94 bits per heavy atom. The van der Waals surface area contributed by atoms with E-state index in [0.717, 1.165) is 0 Å². The molecule has 1 aromatic heterocycles. The van der Waals surface area contributed by atoms with Crippen LogP contribution in [0.3, 0.4) is 0 Å². The molecule has 8 heteroatoms. The zero-order valence-electron chi connectivity index (χ0n) is 9.27. The van der Waals surface area contributed by atoms with Gasteiger partial charge in [-0.2, -0.15) is 0 Å². The average molecular weight is 258 g/mol. The van der Waals surface area contributed by atoms with Gasteiger partial charge in [0.1, 0.15) is 6.04 Å². The van der Waals surface area contributed by atoms with Crippen LogP contribution >= 0.6 is 11.3 Å². The average Bonchev–Trinajstić information content (AvgIpc) is 2.74. The Morgan fingerprint density at radius 1 is 1.65 bits per heavy atom. The highest BCUT2D eigenvalue weighted by atomic mass is 32.1. The highest BCUT2D eigenvalue weighted by Crippen LogP contribution is 2.19. The molecule has 0 spiro atoms. The first-order chi connectivity index (χ1) is 8.04. The van der Waals surface area contributed by atoms with E-state index < -0.39 is 12.0 Å². The number of aliphatic carboxylic acids is 1. The predicted octanol–water partition coefficient (Wildman–Crippen LogP) is -0.224. The highest BCUT2D eigenvalue weighted by Gasteiger charge is 2.17. The van der Waals surface area contributed by atoms with E-state index in [1.54, 1.807) is 5.38 Å². The number of carbonyl (C=O) groups excluding carboxylic acids is 1. The van der Waals surface area contributed by atoms with Gasteiger partial charge in [-0.25, -0.2) is 4.98 Å². The second-order valence-corrected chi connectivity index (χ2v) is 4.06. The van der Waals surface area contributed by atoms with E-state index in [4.69, 9.17) is 10.8 Å². The summed E-state index contributed by atoms with van der Waals surface area (Å²) in [5, 5.41) is 16.1. The van der Waals surface area contributed by atoms with E-state index in [1.807, 2.05) is 6.92 Å². The molecule has 1 rings (SSSR count). The molecular formula is C9H14N4O3S. The van der Waals surface area contributed by atoms with Gasteiger partial charge in [-0.3, -0.25) is 9.59 Å². The van der Waals surface area contributed by atoms with Crippen molar-refractivity contribution in [3.05, 3.63) is 11.1 Å². The molecule has 1 heterocycles. The number of nitrogens with two attached hydrogens (primary N) is 1. The lowest BCUT2D eigenvalue weighted by atomic mass is 10.2. The van der Waals surface area contributed by atoms with E-state index in [9.17, 15) is 9.59 Å². The molecular weight excluding hydrogens is 244 g/mol. The van der Waals surface area contributed by atoms with E-state index >= 15 is 0 Å². The van der Waals surface area contributed by atoms with Crippen LogP contribution < -0.4 is 16.4 Å². The molecule has 7 nitrogen and oxygen atoms in total. The molecule has 0 aliphatic rings. The third kappa shape index (κ3) is 4.00. The molecule has 0 aliphatic carbocycles. The number of nitrogens with zero attached hydrogens (tertiary/aromatic N) is 1. The fraction of sp³-hybridized carbons (Fsp3) is 0.444. The van der Waals surface area contributed by atoms with Crippen LogP contribution in [-0.4, -0.2) is 35.1 Å². The monoisotopic (exact) mass is 258 g/mol. The summed E-state index contributed by atoms with van der Waals surface area (Å²) in [6.07, 6.45) is 0. The van der Waals surface area contributed by atoms with Gasteiger partial charge in [0.25, 0.3) is 0 Å². The molecule has 0 saturated carbocycles. The summed E-state index contributed by atoms with van der Waals surface area (Å²) < 4.78 is 0. The number of carbonyl (C=O) groups is 2. The molecule has 5 N–H and O–H groups in total. The standard InChI is InChI=1S/C9H14N4O3S/c1-2-11-6(14)3-12-9-13-5(4-17-9)7(10)8(15)16/h4,7H,2-3,10H2,1H3,(H,11,14)(H,12,13)(H,15,16). The number of anilines is 1. The summed E-state index contributed by atoms with van der Waals surface area (Å²) in [5.41, 5.74) is 5.67. The summed E-state index contributed by atoms with van der Waals surface area (Å²) >= 11 is 1.21. The number of carboxylic acid groups (broad SMARTS) is 1. The van der Waals surface area contributed by atoms with Crippen LogP contribution in [0.4, 0.5) is 5.13 Å². The first kappa shape index (κ1) is 13.4. The molecule has 17 heavy (non-hydrogen) atoms. The lowest BCUT2D eigenvalue weighted by Crippen LogP contribution is -2.29. The molecule has 94 valence electrons. The molecule has 1 aromatic rings. The smallest absolute Gasteiger partial charge is 0.326 e. The summed E-state index contributed by atoms with van der Waals surface area (Å²) in [5.74, 6) is -1.28. The van der Waals surface area contributed by atoms with Crippen molar-refractivity contribution in [3.8, 4) is 0 Å². The van der Waals surface area contributed by atoms with Crippen molar-refractivity contribution in [2.75, 3.05) is 18.4 Å². The van der Waals surface area contributed by atoms with Crippen molar-refractivity contribution in [2.45, 2.75) is 13.0 Å². The van der Waals surface area contributed by atoms with Gasteiger partial charge in [0.2, 0.25) is 5.91 Å². The Morgan fingerprint density at radius 2 is 2.35 bits per heavy atom. The third-order valence-corrected chi connectivity index (χ3v) is 2.70. The van der Waals surface area contributed by atoms with E-state index in [1.165, 1.54) is 11.3 Å². The molecule has 1 amide bonds. The molecule has 1 atom stereocenters. The van der Waals surface area contributed by atoms with Crippen LogP contribution in [0.1, 0.15) is 18.7 Å². The number of thiazole rings is 1. The minimum absolute atomic E-state index is 0.100. The maximum Gasteiger partial charge on any atom is 0.326 e. The SMILES string of the molecule is CCNC(=O)CNc1nc(C(N)C(=O)O)cs1. The predicted molar refractivity (Wildman–Crippen MR) is 63.9 cm³/mol. The Kier molecular flexibility index (Phi) is 4.85. The Hall–Kier alpha value is -1.67. The van der Waals surface area contributed by atoms with Crippen molar-refractivity contribution in [3.63, 3.8) is 0 Å².